The number of carboxylic acid groups (broad SMARTS) is 1. The predicted molar refractivity (Wildman–Crippen MR) is 42.3 cm³/mol. The first-order chi connectivity index (χ1) is 5.11. The van der Waals surface area contributed by atoms with Crippen molar-refractivity contribution in [2.75, 3.05) is 0 Å². The van der Waals surface area contributed by atoms with E-state index in [2.05, 4.69) is 10.2 Å². The number of carbonyl (C=O) groups is 1. The van der Waals surface area contributed by atoms with E-state index in [0.29, 0.717) is 0 Å². The third-order valence-corrected chi connectivity index (χ3v) is 1.57. The Bertz CT molecular complexity index is 347. The molecule has 0 aliphatic carbocycles. The van der Waals surface area contributed by atoms with Gasteiger partial charge in [-0.25, -0.2) is 4.79 Å². The number of carboxylic acids is 1. The third-order valence-electron chi connectivity index (χ3n) is 0.860. The lowest BCUT2D eigenvalue weighted by molar-refractivity contribution is 0.0681. The highest BCUT2D eigenvalue weighted by Gasteiger charge is 2.07. The quantitative estimate of drug-likeness (QED) is 0.666. The molecular formula is C4H2IN3O3. The molecule has 2 N–H and O–H groups in total. The van der Waals surface area contributed by atoms with Gasteiger partial charge in [0.1, 0.15) is 0 Å². The van der Waals surface area contributed by atoms with E-state index in [4.69, 9.17) is 5.11 Å². The summed E-state index contributed by atoms with van der Waals surface area (Å²) in [6, 6.07) is 0. The second kappa shape index (κ2) is 2.95. The van der Waals surface area contributed by atoms with Gasteiger partial charge in [0.15, 0.2) is 3.70 Å². The number of H-pyrrole nitrogens is 1. The van der Waals surface area contributed by atoms with Crippen molar-refractivity contribution in [2.45, 2.75) is 0 Å². The molecule has 0 amide bonds. The van der Waals surface area contributed by atoms with Crippen molar-refractivity contribution in [1.29, 1.82) is 0 Å². The Balaban J connectivity index is 3.26. The molecule has 1 aromatic heterocycles. The summed E-state index contributed by atoms with van der Waals surface area (Å²) in [5.41, 5.74) is -0.544. The maximum absolute atomic E-state index is 10.7. The lowest BCUT2D eigenvalue weighted by atomic mass is 10.6. The van der Waals surface area contributed by atoms with Crippen LogP contribution in [0.2, 0.25) is 0 Å². The molecule has 1 rings (SSSR count). The number of aromatic nitrogens is 3. The standard InChI is InChI=1S/C4H2IN3O3/c5-1-3(9)6-2(4(10)11)8-7-1/h(H,10,11)(H,6,8,9). The average molecular weight is 267 g/mol. The maximum atomic E-state index is 10.7. The van der Waals surface area contributed by atoms with Crippen LogP contribution in [-0.4, -0.2) is 26.3 Å². The second-order valence-electron chi connectivity index (χ2n) is 1.60. The zero-order chi connectivity index (χ0) is 8.43. The predicted octanol–water partition coefficient (Wildman–Crippen LogP) is -0.532. The lowest BCUT2D eigenvalue weighted by Crippen LogP contribution is -2.19. The molecule has 0 spiro atoms. The number of halogens is 1. The normalized spacial score (nSPS) is 9.55. The third kappa shape index (κ3) is 1.73. The molecule has 6 nitrogen and oxygen atoms in total. The Morgan fingerprint density at radius 3 is 2.64 bits per heavy atom. The van der Waals surface area contributed by atoms with Crippen LogP contribution in [0.25, 0.3) is 0 Å². The highest BCUT2D eigenvalue weighted by molar-refractivity contribution is 14.1. The van der Waals surface area contributed by atoms with E-state index in [-0.39, 0.29) is 3.70 Å². The van der Waals surface area contributed by atoms with Crippen LogP contribution < -0.4 is 5.56 Å². The lowest BCUT2D eigenvalue weighted by Gasteiger charge is -1.90. The summed E-state index contributed by atoms with van der Waals surface area (Å²) >= 11 is 1.65. The fourth-order valence-corrected chi connectivity index (χ4v) is 0.662. The van der Waals surface area contributed by atoms with Gasteiger partial charge in [-0.3, -0.25) is 9.78 Å². The highest BCUT2D eigenvalue weighted by Crippen LogP contribution is 1.88. The van der Waals surface area contributed by atoms with Gasteiger partial charge in [-0.2, -0.15) is 0 Å². The minimum Gasteiger partial charge on any atom is -0.475 e. The van der Waals surface area contributed by atoms with Crippen molar-refractivity contribution in [3.8, 4) is 0 Å². The van der Waals surface area contributed by atoms with E-state index in [1.807, 2.05) is 4.98 Å². The van der Waals surface area contributed by atoms with Crippen molar-refractivity contribution in [3.05, 3.63) is 19.9 Å². The number of nitrogens with one attached hydrogen (secondary N) is 1. The molecule has 1 heterocycles. The minimum absolute atomic E-state index is 0.118. The van der Waals surface area contributed by atoms with Crippen LogP contribution in [0.4, 0.5) is 0 Å². The topological polar surface area (TPSA) is 95.9 Å². The van der Waals surface area contributed by atoms with Crippen molar-refractivity contribution in [3.63, 3.8) is 0 Å². The largest absolute Gasteiger partial charge is 0.475 e. The van der Waals surface area contributed by atoms with Gasteiger partial charge in [0, 0.05) is 0 Å². The number of hydrogen-bond acceptors (Lipinski definition) is 4. The average Bonchev–Trinajstić information content (AvgIpc) is 1.94. The smallest absolute Gasteiger partial charge is 0.373 e. The minimum atomic E-state index is -1.30. The second-order valence-corrected chi connectivity index (χ2v) is 2.62. The molecule has 0 aliphatic heterocycles. The van der Waals surface area contributed by atoms with Crippen LogP contribution >= 0.6 is 22.6 Å². The first-order valence-electron chi connectivity index (χ1n) is 2.47. The zero-order valence-electron chi connectivity index (χ0n) is 5.04. The van der Waals surface area contributed by atoms with Gasteiger partial charge in [0.2, 0.25) is 5.82 Å². The molecule has 0 saturated carbocycles. The molecule has 0 saturated heterocycles. The van der Waals surface area contributed by atoms with Crippen molar-refractivity contribution >= 4 is 28.6 Å². The van der Waals surface area contributed by atoms with Crippen LogP contribution in [-0.2, 0) is 0 Å². The van der Waals surface area contributed by atoms with Crippen LogP contribution in [0, 0.1) is 3.70 Å². The molecule has 58 valence electrons. The molecule has 0 aromatic carbocycles. The van der Waals surface area contributed by atoms with Crippen LogP contribution in [0.3, 0.4) is 0 Å². The summed E-state index contributed by atoms with van der Waals surface area (Å²) in [4.78, 5) is 22.9. The van der Waals surface area contributed by atoms with E-state index < -0.39 is 17.4 Å². The van der Waals surface area contributed by atoms with Gasteiger partial charge >= 0.3 is 5.97 Å². The van der Waals surface area contributed by atoms with Crippen molar-refractivity contribution in [2.24, 2.45) is 0 Å². The van der Waals surface area contributed by atoms with Crippen molar-refractivity contribution < 1.29 is 9.90 Å². The summed E-state index contributed by atoms with van der Waals surface area (Å²) < 4.78 is 0.118. The van der Waals surface area contributed by atoms with Crippen molar-refractivity contribution in [1.82, 2.24) is 15.2 Å². The number of aromatic carboxylic acids is 1. The Morgan fingerprint density at radius 1 is 1.55 bits per heavy atom. The number of nitrogens with zero attached hydrogens (tertiary/aromatic N) is 2. The van der Waals surface area contributed by atoms with Gasteiger partial charge in [-0.1, -0.05) is 0 Å². The van der Waals surface area contributed by atoms with Crippen LogP contribution in [0.1, 0.15) is 10.6 Å². The van der Waals surface area contributed by atoms with E-state index in [9.17, 15) is 9.59 Å². The van der Waals surface area contributed by atoms with E-state index in [1.54, 1.807) is 22.6 Å². The fraction of sp³-hybridized carbons (Fsp3) is 0. The number of aromatic amines is 1. The molecule has 0 radical (unpaired) electrons. The molecule has 7 heteroatoms. The first kappa shape index (κ1) is 8.11. The Morgan fingerprint density at radius 2 is 2.18 bits per heavy atom. The highest BCUT2D eigenvalue weighted by atomic mass is 127. The van der Waals surface area contributed by atoms with E-state index in [1.165, 1.54) is 0 Å². The van der Waals surface area contributed by atoms with Gasteiger partial charge < -0.3 is 5.11 Å². The monoisotopic (exact) mass is 267 g/mol. The SMILES string of the molecule is O=C(O)c1nnc(I)c(=O)[nH]1. The molecule has 0 aliphatic rings. The summed E-state index contributed by atoms with van der Waals surface area (Å²) in [6.45, 7) is 0. The Labute approximate surface area is 73.8 Å². The van der Waals surface area contributed by atoms with Gasteiger partial charge in [0.25, 0.3) is 5.56 Å². The summed E-state index contributed by atoms with van der Waals surface area (Å²) in [7, 11) is 0. The maximum Gasteiger partial charge on any atom is 0.373 e. The van der Waals surface area contributed by atoms with Gasteiger partial charge in [-0.15, -0.1) is 10.2 Å². The number of rotatable bonds is 1. The fourth-order valence-electron chi connectivity index (χ4n) is 0.420. The molecule has 0 bridgehead atoms. The van der Waals surface area contributed by atoms with E-state index in [0.717, 1.165) is 0 Å². The van der Waals surface area contributed by atoms with E-state index >= 15 is 0 Å². The Kier molecular flexibility index (Phi) is 2.17. The molecule has 0 fully saturated rings. The van der Waals surface area contributed by atoms with Crippen LogP contribution in [0.15, 0.2) is 4.79 Å². The molecule has 0 atom stereocenters. The summed E-state index contributed by atoms with van der Waals surface area (Å²) in [5, 5.41) is 14.9. The van der Waals surface area contributed by atoms with Crippen LogP contribution in [0.5, 0.6) is 0 Å². The summed E-state index contributed by atoms with van der Waals surface area (Å²) in [5.74, 6) is -1.75. The number of hydrogen-bond donors (Lipinski definition) is 2. The molecular weight excluding hydrogens is 265 g/mol. The zero-order valence-corrected chi connectivity index (χ0v) is 7.19. The molecule has 0 unspecified atom stereocenters. The first-order valence-corrected chi connectivity index (χ1v) is 3.55. The Hall–Kier alpha value is -0.990. The summed E-state index contributed by atoms with van der Waals surface area (Å²) in [6.07, 6.45) is 0. The van der Waals surface area contributed by atoms with Gasteiger partial charge in [0.05, 0.1) is 0 Å². The molecule has 11 heavy (non-hydrogen) atoms. The molecule has 1 aromatic rings. The van der Waals surface area contributed by atoms with Gasteiger partial charge in [-0.05, 0) is 22.6 Å².